The van der Waals surface area contributed by atoms with Crippen LogP contribution in [0, 0.1) is 6.92 Å². The summed E-state index contributed by atoms with van der Waals surface area (Å²) in [5, 5.41) is 16.0. The van der Waals surface area contributed by atoms with Crippen molar-refractivity contribution in [3.63, 3.8) is 0 Å². The summed E-state index contributed by atoms with van der Waals surface area (Å²) in [7, 11) is 1.57. The van der Waals surface area contributed by atoms with Crippen molar-refractivity contribution in [3.05, 3.63) is 83.4 Å². The molecule has 3 N–H and O–H groups in total. The van der Waals surface area contributed by atoms with Gasteiger partial charge in [-0.25, -0.2) is 0 Å². The van der Waals surface area contributed by atoms with E-state index in [0.717, 1.165) is 11.1 Å². The second-order valence-corrected chi connectivity index (χ2v) is 7.09. The highest BCUT2D eigenvalue weighted by molar-refractivity contribution is 5.98. The van der Waals surface area contributed by atoms with Crippen molar-refractivity contribution >= 4 is 17.3 Å². The highest BCUT2D eigenvalue weighted by Crippen LogP contribution is 2.29. The molecule has 0 aliphatic heterocycles. The van der Waals surface area contributed by atoms with Gasteiger partial charge >= 0.3 is 0 Å². The molecule has 3 aromatic rings. The molecule has 0 aliphatic carbocycles. The van der Waals surface area contributed by atoms with Crippen molar-refractivity contribution in [3.8, 4) is 11.5 Å². The predicted octanol–water partition coefficient (Wildman–Crippen LogP) is 4.69. The Kier molecular flexibility index (Phi) is 7.51. The Labute approximate surface area is 182 Å². The maximum absolute atomic E-state index is 13.3. The topological polar surface area (TPSA) is 79.8 Å². The molecule has 6 heteroatoms. The van der Waals surface area contributed by atoms with Crippen LogP contribution in [0.5, 0.6) is 11.5 Å². The number of ether oxygens (including phenoxy) is 2. The minimum Gasteiger partial charge on any atom is -0.495 e. The summed E-state index contributed by atoms with van der Waals surface area (Å²) in [6.07, 6.45) is 0. The molecule has 0 radical (unpaired) electrons. The van der Waals surface area contributed by atoms with Gasteiger partial charge in [-0.2, -0.15) is 0 Å². The van der Waals surface area contributed by atoms with Crippen LogP contribution in [0.15, 0.2) is 66.7 Å². The second-order valence-electron chi connectivity index (χ2n) is 7.09. The van der Waals surface area contributed by atoms with E-state index in [9.17, 15) is 9.90 Å². The largest absolute Gasteiger partial charge is 0.495 e. The molecule has 0 aromatic heterocycles. The summed E-state index contributed by atoms with van der Waals surface area (Å²) < 4.78 is 10.9. The van der Waals surface area contributed by atoms with E-state index < -0.39 is 6.04 Å². The molecule has 0 saturated carbocycles. The van der Waals surface area contributed by atoms with Crippen molar-refractivity contribution in [1.29, 1.82) is 0 Å². The molecule has 1 atom stereocenters. The first-order valence-corrected chi connectivity index (χ1v) is 10.2. The molecule has 0 saturated heterocycles. The van der Waals surface area contributed by atoms with Crippen LogP contribution >= 0.6 is 0 Å². The summed E-state index contributed by atoms with van der Waals surface area (Å²) in [6, 6.07) is 19.9. The fourth-order valence-corrected chi connectivity index (χ4v) is 3.33. The molecule has 0 bridgehead atoms. The Morgan fingerprint density at radius 2 is 1.77 bits per heavy atom. The molecule has 162 valence electrons. The standard InChI is InChI=1S/C25H28N2O4/c1-4-31-22-13-11-20(15-19(22)16-28)26-24(18-8-6-5-7-9-18)25(29)27-21-14-17(2)10-12-23(21)30-3/h5-15,24,26,28H,4,16H2,1-3H3,(H,27,29)/t24-/m1/s1. The van der Waals surface area contributed by atoms with Gasteiger partial charge in [0.25, 0.3) is 5.91 Å². The third kappa shape index (κ3) is 5.55. The maximum Gasteiger partial charge on any atom is 0.251 e. The van der Waals surface area contributed by atoms with Gasteiger partial charge in [0.1, 0.15) is 17.5 Å². The predicted molar refractivity (Wildman–Crippen MR) is 123 cm³/mol. The van der Waals surface area contributed by atoms with Crippen molar-refractivity contribution in [2.45, 2.75) is 26.5 Å². The highest BCUT2D eigenvalue weighted by atomic mass is 16.5. The first-order chi connectivity index (χ1) is 15.0. The minimum absolute atomic E-state index is 0.159. The molecule has 0 fully saturated rings. The molecule has 3 aromatic carbocycles. The van der Waals surface area contributed by atoms with Gasteiger partial charge in [-0.3, -0.25) is 4.79 Å². The number of aryl methyl sites for hydroxylation is 1. The van der Waals surface area contributed by atoms with E-state index >= 15 is 0 Å². The summed E-state index contributed by atoms with van der Waals surface area (Å²) >= 11 is 0. The number of hydrogen-bond acceptors (Lipinski definition) is 5. The molecular formula is C25H28N2O4. The van der Waals surface area contributed by atoms with E-state index in [1.165, 1.54) is 0 Å². The molecule has 1 amide bonds. The number of benzene rings is 3. The fourth-order valence-electron chi connectivity index (χ4n) is 3.33. The summed E-state index contributed by atoms with van der Waals surface area (Å²) in [5.41, 5.74) is 3.79. The first-order valence-electron chi connectivity index (χ1n) is 10.2. The van der Waals surface area contributed by atoms with Crippen LogP contribution in [0.25, 0.3) is 0 Å². The zero-order chi connectivity index (χ0) is 22.2. The normalized spacial score (nSPS) is 11.5. The number of nitrogens with one attached hydrogen (secondary N) is 2. The molecular weight excluding hydrogens is 392 g/mol. The average molecular weight is 421 g/mol. The Hall–Kier alpha value is -3.51. The Morgan fingerprint density at radius 1 is 1.03 bits per heavy atom. The van der Waals surface area contributed by atoms with Crippen LogP contribution in [-0.2, 0) is 11.4 Å². The zero-order valence-electron chi connectivity index (χ0n) is 18.0. The van der Waals surface area contributed by atoms with E-state index in [1.54, 1.807) is 19.2 Å². The number of carbonyl (C=O) groups excluding carboxylic acids is 1. The lowest BCUT2D eigenvalue weighted by Crippen LogP contribution is -2.27. The number of aliphatic hydroxyl groups is 1. The van der Waals surface area contributed by atoms with Crippen molar-refractivity contribution in [1.82, 2.24) is 0 Å². The van der Waals surface area contributed by atoms with Crippen LogP contribution in [0.3, 0.4) is 0 Å². The number of carbonyl (C=O) groups is 1. The summed E-state index contributed by atoms with van der Waals surface area (Å²) in [6.45, 7) is 4.20. The van der Waals surface area contributed by atoms with Gasteiger partial charge in [-0.1, -0.05) is 36.4 Å². The van der Waals surface area contributed by atoms with Crippen LogP contribution in [0.2, 0.25) is 0 Å². The third-order valence-corrected chi connectivity index (χ3v) is 4.85. The summed E-state index contributed by atoms with van der Waals surface area (Å²) in [5.74, 6) is 0.990. The average Bonchev–Trinajstić information content (AvgIpc) is 2.79. The van der Waals surface area contributed by atoms with Gasteiger partial charge in [0.15, 0.2) is 0 Å². The smallest absolute Gasteiger partial charge is 0.251 e. The Balaban J connectivity index is 1.91. The van der Waals surface area contributed by atoms with Gasteiger partial charge < -0.3 is 25.2 Å². The van der Waals surface area contributed by atoms with Crippen molar-refractivity contribution in [2.75, 3.05) is 24.4 Å². The Bertz CT molecular complexity index is 1020. The number of anilines is 2. The number of amides is 1. The van der Waals surface area contributed by atoms with Crippen molar-refractivity contribution in [2.24, 2.45) is 0 Å². The Morgan fingerprint density at radius 3 is 2.45 bits per heavy atom. The van der Waals surface area contributed by atoms with Gasteiger partial charge in [-0.05, 0) is 55.3 Å². The quantitative estimate of drug-likeness (QED) is 0.468. The molecule has 3 rings (SSSR count). The molecule has 0 spiro atoms. The monoisotopic (exact) mass is 420 g/mol. The van der Waals surface area contributed by atoms with Crippen LogP contribution in [0.4, 0.5) is 11.4 Å². The van der Waals surface area contributed by atoms with E-state index in [0.29, 0.717) is 35.0 Å². The van der Waals surface area contributed by atoms with E-state index in [2.05, 4.69) is 10.6 Å². The number of rotatable bonds is 9. The number of methoxy groups -OCH3 is 1. The number of hydrogen-bond donors (Lipinski definition) is 3. The number of aliphatic hydroxyl groups excluding tert-OH is 1. The van der Waals surface area contributed by atoms with Gasteiger partial charge in [0.2, 0.25) is 0 Å². The lowest BCUT2D eigenvalue weighted by Gasteiger charge is -2.22. The molecule has 6 nitrogen and oxygen atoms in total. The zero-order valence-corrected chi connectivity index (χ0v) is 18.0. The third-order valence-electron chi connectivity index (χ3n) is 4.85. The lowest BCUT2D eigenvalue weighted by molar-refractivity contribution is -0.117. The summed E-state index contributed by atoms with van der Waals surface area (Å²) in [4.78, 5) is 13.3. The molecule has 0 heterocycles. The molecule has 0 unspecified atom stereocenters. The van der Waals surface area contributed by atoms with E-state index in [-0.39, 0.29) is 12.5 Å². The SMILES string of the molecule is CCOc1ccc(N[C@@H](C(=O)Nc2cc(C)ccc2OC)c2ccccc2)cc1CO. The van der Waals surface area contributed by atoms with Crippen LogP contribution in [0.1, 0.15) is 29.7 Å². The van der Waals surface area contributed by atoms with E-state index in [1.807, 2.05) is 68.4 Å². The van der Waals surface area contributed by atoms with Crippen LogP contribution < -0.4 is 20.1 Å². The lowest BCUT2D eigenvalue weighted by atomic mass is 10.0. The fraction of sp³-hybridized carbons (Fsp3) is 0.240. The maximum atomic E-state index is 13.3. The van der Waals surface area contributed by atoms with Crippen LogP contribution in [-0.4, -0.2) is 24.7 Å². The second kappa shape index (κ2) is 10.5. The van der Waals surface area contributed by atoms with Gasteiger partial charge in [0, 0.05) is 11.3 Å². The van der Waals surface area contributed by atoms with Crippen molar-refractivity contribution < 1.29 is 19.4 Å². The molecule has 0 aliphatic rings. The minimum atomic E-state index is -0.657. The highest BCUT2D eigenvalue weighted by Gasteiger charge is 2.22. The van der Waals surface area contributed by atoms with Gasteiger partial charge in [0.05, 0.1) is 26.0 Å². The van der Waals surface area contributed by atoms with E-state index in [4.69, 9.17) is 9.47 Å². The van der Waals surface area contributed by atoms with Gasteiger partial charge in [-0.15, -0.1) is 0 Å². The first kappa shape index (κ1) is 22.2. The molecule has 31 heavy (non-hydrogen) atoms.